The molecule has 0 heterocycles. The van der Waals surface area contributed by atoms with Crippen LogP contribution in [0.4, 0.5) is 0 Å². The zero-order valence-corrected chi connectivity index (χ0v) is 13.0. The Morgan fingerprint density at radius 3 is 2.55 bits per heavy atom. The van der Waals surface area contributed by atoms with Crippen molar-refractivity contribution < 1.29 is 5.11 Å². The van der Waals surface area contributed by atoms with E-state index in [9.17, 15) is 5.11 Å². The van der Waals surface area contributed by atoms with E-state index in [1.54, 1.807) is 0 Å². The molecule has 0 radical (unpaired) electrons. The van der Waals surface area contributed by atoms with Crippen molar-refractivity contribution in [1.82, 2.24) is 4.90 Å². The molecule has 1 aromatic carbocycles. The summed E-state index contributed by atoms with van der Waals surface area (Å²) in [6.07, 6.45) is 6.81. The van der Waals surface area contributed by atoms with Crippen LogP contribution in [-0.4, -0.2) is 28.7 Å². The summed E-state index contributed by atoms with van der Waals surface area (Å²) in [4.78, 5) is 2.54. The third kappa shape index (κ3) is 3.83. The molecule has 1 aliphatic carbocycles. The third-order valence-electron chi connectivity index (χ3n) is 4.67. The third-order valence-corrected chi connectivity index (χ3v) is 4.67. The van der Waals surface area contributed by atoms with E-state index >= 15 is 0 Å². The number of unbranched alkanes of at least 4 members (excludes halogenated alkanes) is 1. The lowest BCUT2D eigenvalue weighted by molar-refractivity contribution is 0.000229. The number of hydrogen-bond donors (Lipinski definition) is 1. The summed E-state index contributed by atoms with van der Waals surface area (Å²) in [5.74, 6) is 0. The molecule has 1 saturated carbocycles. The van der Waals surface area contributed by atoms with Gasteiger partial charge in [0.15, 0.2) is 0 Å². The molecule has 0 bridgehead atoms. The number of benzene rings is 1. The van der Waals surface area contributed by atoms with Crippen molar-refractivity contribution in [2.75, 3.05) is 6.54 Å². The molecule has 2 heteroatoms. The monoisotopic (exact) mass is 275 g/mol. The molecular formula is C18H29NO. The fourth-order valence-corrected chi connectivity index (χ4v) is 3.39. The zero-order chi connectivity index (χ0) is 14.4. The van der Waals surface area contributed by atoms with Crippen LogP contribution in [0, 0.1) is 0 Å². The lowest BCUT2D eigenvalue weighted by Crippen LogP contribution is -2.47. The Morgan fingerprint density at radius 1 is 1.20 bits per heavy atom. The van der Waals surface area contributed by atoms with Crippen molar-refractivity contribution in [3.05, 3.63) is 35.9 Å². The number of nitrogens with zero attached hydrogens (tertiary/aromatic N) is 1. The highest BCUT2D eigenvalue weighted by atomic mass is 16.3. The summed E-state index contributed by atoms with van der Waals surface area (Å²) >= 11 is 0. The Bertz CT molecular complexity index is 378. The van der Waals surface area contributed by atoms with E-state index in [0.717, 1.165) is 19.4 Å². The van der Waals surface area contributed by atoms with Gasteiger partial charge < -0.3 is 5.11 Å². The smallest absolute Gasteiger partial charge is 0.0695 e. The molecule has 20 heavy (non-hydrogen) atoms. The van der Waals surface area contributed by atoms with Gasteiger partial charge in [0, 0.05) is 12.1 Å². The van der Waals surface area contributed by atoms with Gasteiger partial charge in [-0.2, -0.15) is 0 Å². The van der Waals surface area contributed by atoms with Gasteiger partial charge in [-0.15, -0.1) is 0 Å². The topological polar surface area (TPSA) is 23.5 Å². The van der Waals surface area contributed by atoms with E-state index in [1.807, 2.05) is 0 Å². The van der Waals surface area contributed by atoms with Gasteiger partial charge in [0.1, 0.15) is 0 Å². The molecule has 1 aromatic rings. The number of hydrogen-bond acceptors (Lipinski definition) is 2. The molecule has 0 aliphatic heterocycles. The molecule has 2 rings (SSSR count). The average Bonchev–Trinajstić information content (AvgIpc) is 2.50. The fourth-order valence-electron chi connectivity index (χ4n) is 3.39. The lowest BCUT2D eigenvalue weighted by Gasteiger charge is -2.41. The van der Waals surface area contributed by atoms with Crippen LogP contribution in [0.1, 0.15) is 64.0 Å². The molecule has 3 atom stereocenters. The van der Waals surface area contributed by atoms with E-state index in [0.29, 0.717) is 12.1 Å². The Morgan fingerprint density at radius 2 is 1.90 bits per heavy atom. The predicted octanol–water partition coefficient (Wildman–Crippen LogP) is 4.15. The summed E-state index contributed by atoms with van der Waals surface area (Å²) in [5.41, 5.74) is 1.36. The Labute approximate surface area is 123 Å². The van der Waals surface area contributed by atoms with Crippen molar-refractivity contribution in [2.45, 2.75) is 70.6 Å². The summed E-state index contributed by atoms with van der Waals surface area (Å²) in [5, 5.41) is 10.4. The Kier molecular flexibility index (Phi) is 6.06. The average molecular weight is 275 g/mol. The van der Waals surface area contributed by atoms with Crippen molar-refractivity contribution in [3.63, 3.8) is 0 Å². The number of rotatable bonds is 6. The zero-order valence-electron chi connectivity index (χ0n) is 13.0. The van der Waals surface area contributed by atoms with E-state index in [4.69, 9.17) is 0 Å². The van der Waals surface area contributed by atoms with Gasteiger partial charge in [-0.3, -0.25) is 4.90 Å². The molecule has 0 amide bonds. The Hall–Kier alpha value is -0.860. The Balaban J connectivity index is 2.13. The maximum Gasteiger partial charge on any atom is 0.0695 e. The van der Waals surface area contributed by atoms with E-state index in [2.05, 4.69) is 49.1 Å². The van der Waals surface area contributed by atoms with E-state index < -0.39 is 0 Å². The predicted molar refractivity (Wildman–Crippen MR) is 84.7 cm³/mol. The van der Waals surface area contributed by atoms with Crippen LogP contribution in [0.3, 0.4) is 0 Å². The van der Waals surface area contributed by atoms with E-state index in [1.165, 1.54) is 31.2 Å². The van der Waals surface area contributed by atoms with Crippen LogP contribution in [0.25, 0.3) is 0 Å². The molecule has 112 valence electrons. The highest BCUT2D eigenvalue weighted by Gasteiger charge is 2.31. The summed E-state index contributed by atoms with van der Waals surface area (Å²) in [6.45, 7) is 5.61. The molecule has 1 aliphatic rings. The first kappa shape index (κ1) is 15.5. The highest BCUT2D eigenvalue weighted by Crippen LogP contribution is 2.30. The quantitative estimate of drug-likeness (QED) is 0.843. The second kappa shape index (κ2) is 7.80. The molecule has 1 fully saturated rings. The fraction of sp³-hybridized carbons (Fsp3) is 0.667. The maximum absolute atomic E-state index is 10.4. The van der Waals surface area contributed by atoms with Crippen molar-refractivity contribution in [1.29, 1.82) is 0 Å². The first-order valence-corrected chi connectivity index (χ1v) is 8.22. The summed E-state index contributed by atoms with van der Waals surface area (Å²) in [7, 11) is 0. The second-order valence-electron chi connectivity index (χ2n) is 6.10. The largest absolute Gasteiger partial charge is 0.391 e. The minimum atomic E-state index is -0.147. The molecule has 0 unspecified atom stereocenters. The van der Waals surface area contributed by atoms with Crippen LogP contribution in [0.5, 0.6) is 0 Å². The maximum atomic E-state index is 10.4. The van der Waals surface area contributed by atoms with Crippen molar-refractivity contribution in [2.24, 2.45) is 0 Å². The highest BCUT2D eigenvalue weighted by molar-refractivity contribution is 5.18. The number of aliphatic hydroxyl groups is 1. The van der Waals surface area contributed by atoms with Gasteiger partial charge in [-0.05, 0) is 38.3 Å². The van der Waals surface area contributed by atoms with Crippen LogP contribution in [0.15, 0.2) is 30.3 Å². The second-order valence-corrected chi connectivity index (χ2v) is 6.10. The summed E-state index contributed by atoms with van der Waals surface area (Å²) < 4.78 is 0. The molecule has 0 spiro atoms. The van der Waals surface area contributed by atoms with Crippen LogP contribution >= 0.6 is 0 Å². The van der Waals surface area contributed by atoms with Crippen LogP contribution in [0.2, 0.25) is 0 Å². The van der Waals surface area contributed by atoms with Gasteiger partial charge in [0.05, 0.1) is 6.10 Å². The van der Waals surface area contributed by atoms with Crippen LogP contribution in [-0.2, 0) is 0 Å². The lowest BCUT2D eigenvalue weighted by atomic mass is 9.89. The summed E-state index contributed by atoms with van der Waals surface area (Å²) in [6, 6.07) is 11.4. The first-order valence-electron chi connectivity index (χ1n) is 8.22. The van der Waals surface area contributed by atoms with Gasteiger partial charge in [-0.1, -0.05) is 56.5 Å². The first-order chi connectivity index (χ1) is 9.74. The normalized spacial score (nSPS) is 24.8. The SMILES string of the molecule is CCCCN([C@@H](C)c1ccccc1)[C@H]1CCCC[C@@H]1O. The van der Waals surface area contributed by atoms with Crippen molar-refractivity contribution in [3.8, 4) is 0 Å². The molecular weight excluding hydrogens is 246 g/mol. The molecule has 2 nitrogen and oxygen atoms in total. The molecule has 0 saturated heterocycles. The van der Waals surface area contributed by atoms with E-state index in [-0.39, 0.29) is 6.10 Å². The van der Waals surface area contributed by atoms with Gasteiger partial charge in [0.2, 0.25) is 0 Å². The number of aliphatic hydroxyl groups excluding tert-OH is 1. The minimum absolute atomic E-state index is 0.147. The van der Waals surface area contributed by atoms with Gasteiger partial charge >= 0.3 is 0 Å². The van der Waals surface area contributed by atoms with Gasteiger partial charge in [0.25, 0.3) is 0 Å². The van der Waals surface area contributed by atoms with Crippen LogP contribution < -0.4 is 0 Å². The van der Waals surface area contributed by atoms with Gasteiger partial charge in [-0.25, -0.2) is 0 Å². The molecule has 1 N–H and O–H groups in total. The standard InChI is InChI=1S/C18H29NO/c1-3-4-14-19(17-12-8-9-13-18(17)20)15(2)16-10-6-5-7-11-16/h5-7,10-11,15,17-18,20H,3-4,8-9,12-14H2,1-2H3/t15-,17-,18-/m0/s1. The molecule has 0 aromatic heterocycles. The van der Waals surface area contributed by atoms with Crippen molar-refractivity contribution >= 4 is 0 Å². The minimum Gasteiger partial charge on any atom is -0.391 e.